The molecule has 0 aliphatic carbocycles. The molecule has 2 fully saturated rings. The SMILES string of the molecule is C=CC(=O)OCCCCCCOc1ccc(C(=O)Oc2ccc(C(=O)O[C@@H]3CO[C@@H]4[C@H]3OC[C@@H]4OCc3ccc(C=Cc4ccc(OCCCCCC)cc4)cc3)cc2)cc1. The van der Waals surface area contributed by atoms with Gasteiger partial charge in [0.25, 0.3) is 0 Å². The number of carbonyl (C=O) groups is 3. The molecule has 11 nitrogen and oxygen atoms in total. The van der Waals surface area contributed by atoms with E-state index in [9.17, 15) is 14.4 Å². The Hall–Kier alpha value is -5.75. The van der Waals surface area contributed by atoms with Crippen LogP contribution in [-0.4, -0.2) is 75.4 Å². The summed E-state index contributed by atoms with van der Waals surface area (Å²) in [5.74, 6) is 0.360. The van der Waals surface area contributed by atoms with Crippen LogP contribution in [0.1, 0.15) is 95.7 Å². The maximum atomic E-state index is 13.1. The summed E-state index contributed by atoms with van der Waals surface area (Å²) < 4.78 is 46.1. The topological polar surface area (TPSA) is 125 Å². The van der Waals surface area contributed by atoms with E-state index in [2.05, 4.69) is 49.9 Å². The number of unbranched alkanes of at least 4 members (excludes halogenated alkanes) is 6. The summed E-state index contributed by atoms with van der Waals surface area (Å²) in [5.41, 5.74) is 3.88. The summed E-state index contributed by atoms with van der Waals surface area (Å²) >= 11 is 0. The van der Waals surface area contributed by atoms with Gasteiger partial charge in [-0.3, -0.25) is 0 Å². The lowest BCUT2D eigenvalue weighted by Gasteiger charge is -2.17. The number of esters is 3. The van der Waals surface area contributed by atoms with E-state index in [0.717, 1.165) is 67.2 Å². The van der Waals surface area contributed by atoms with Crippen LogP contribution in [0, 0.1) is 0 Å². The Balaban J connectivity index is 0.868. The number of hydrogen-bond donors (Lipinski definition) is 0. The third-order valence-electron chi connectivity index (χ3n) is 10.4. The quantitative estimate of drug-likeness (QED) is 0.0220. The molecule has 2 aliphatic heterocycles. The second-order valence-corrected chi connectivity index (χ2v) is 15.0. The number of fused-ring (bicyclic) bond motifs is 1. The molecule has 6 rings (SSSR count). The molecule has 4 aromatic rings. The highest BCUT2D eigenvalue weighted by atomic mass is 16.7. The van der Waals surface area contributed by atoms with E-state index in [0.29, 0.717) is 43.3 Å². The van der Waals surface area contributed by atoms with Gasteiger partial charge in [0.15, 0.2) is 6.10 Å². The molecular formula is C50H56O11. The fourth-order valence-electron chi connectivity index (χ4n) is 6.88. The third kappa shape index (κ3) is 14.2. The van der Waals surface area contributed by atoms with Gasteiger partial charge in [-0.2, -0.15) is 0 Å². The van der Waals surface area contributed by atoms with Gasteiger partial charge in [-0.05, 0) is 109 Å². The molecule has 4 aromatic carbocycles. The van der Waals surface area contributed by atoms with Crippen molar-refractivity contribution < 1.29 is 52.3 Å². The molecule has 11 heteroatoms. The van der Waals surface area contributed by atoms with Crippen LogP contribution in [-0.2, 0) is 35.1 Å². The number of ether oxygens (including phenoxy) is 8. The predicted octanol–water partition coefficient (Wildman–Crippen LogP) is 9.61. The second kappa shape index (κ2) is 23.9. The van der Waals surface area contributed by atoms with Crippen molar-refractivity contribution in [3.8, 4) is 17.2 Å². The van der Waals surface area contributed by atoms with Crippen molar-refractivity contribution in [1.82, 2.24) is 0 Å². The molecular weight excluding hydrogens is 777 g/mol. The first-order valence-electron chi connectivity index (χ1n) is 21.3. The van der Waals surface area contributed by atoms with E-state index in [-0.39, 0.29) is 24.6 Å². The summed E-state index contributed by atoms with van der Waals surface area (Å²) in [6, 6.07) is 29.3. The molecule has 0 saturated carbocycles. The van der Waals surface area contributed by atoms with Crippen LogP contribution in [0.3, 0.4) is 0 Å². The van der Waals surface area contributed by atoms with Gasteiger partial charge in [-0.15, -0.1) is 0 Å². The van der Waals surface area contributed by atoms with Crippen LogP contribution in [0.2, 0.25) is 0 Å². The van der Waals surface area contributed by atoms with Crippen molar-refractivity contribution in [3.05, 3.63) is 138 Å². The van der Waals surface area contributed by atoms with Crippen molar-refractivity contribution in [3.63, 3.8) is 0 Å². The Morgan fingerprint density at radius 1 is 0.607 bits per heavy atom. The summed E-state index contributed by atoms with van der Waals surface area (Å²) in [4.78, 5) is 36.9. The first-order chi connectivity index (χ1) is 29.9. The van der Waals surface area contributed by atoms with Gasteiger partial charge in [-0.25, -0.2) is 14.4 Å². The first-order valence-corrected chi connectivity index (χ1v) is 21.3. The molecule has 2 heterocycles. The van der Waals surface area contributed by atoms with Crippen molar-refractivity contribution in [2.45, 2.75) is 89.3 Å². The highest BCUT2D eigenvalue weighted by Gasteiger charge is 2.50. The molecule has 322 valence electrons. The number of rotatable bonds is 24. The zero-order valence-corrected chi connectivity index (χ0v) is 34.9. The number of carbonyl (C=O) groups excluding carboxylic acids is 3. The van der Waals surface area contributed by atoms with Crippen molar-refractivity contribution in [1.29, 1.82) is 0 Å². The van der Waals surface area contributed by atoms with E-state index < -0.39 is 30.1 Å². The van der Waals surface area contributed by atoms with Crippen LogP contribution in [0.5, 0.6) is 17.2 Å². The van der Waals surface area contributed by atoms with Gasteiger partial charge in [0.2, 0.25) is 0 Å². The van der Waals surface area contributed by atoms with Gasteiger partial charge in [0, 0.05) is 6.08 Å². The zero-order chi connectivity index (χ0) is 42.7. The van der Waals surface area contributed by atoms with Gasteiger partial charge in [-0.1, -0.05) is 81.3 Å². The molecule has 4 atom stereocenters. The van der Waals surface area contributed by atoms with Crippen LogP contribution >= 0.6 is 0 Å². The van der Waals surface area contributed by atoms with E-state index >= 15 is 0 Å². The Morgan fingerprint density at radius 3 is 1.72 bits per heavy atom. The summed E-state index contributed by atoms with van der Waals surface area (Å²) in [7, 11) is 0. The largest absolute Gasteiger partial charge is 0.494 e. The molecule has 61 heavy (non-hydrogen) atoms. The highest BCUT2D eigenvalue weighted by molar-refractivity contribution is 5.92. The van der Waals surface area contributed by atoms with Crippen LogP contribution in [0.4, 0.5) is 0 Å². The van der Waals surface area contributed by atoms with E-state index in [1.807, 2.05) is 24.3 Å². The fourth-order valence-corrected chi connectivity index (χ4v) is 6.88. The highest BCUT2D eigenvalue weighted by Crippen LogP contribution is 2.32. The average molecular weight is 833 g/mol. The summed E-state index contributed by atoms with van der Waals surface area (Å²) in [5, 5.41) is 0. The second-order valence-electron chi connectivity index (χ2n) is 15.0. The lowest BCUT2D eigenvalue weighted by atomic mass is 10.1. The van der Waals surface area contributed by atoms with E-state index in [1.165, 1.54) is 19.3 Å². The summed E-state index contributed by atoms with van der Waals surface area (Å²) in [6.07, 6.45) is 11.9. The minimum absolute atomic E-state index is 0.201. The van der Waals surface area contributed by atoms with Crippen LogP contribution in [0.25, 0.3) is 12.2 Å². The Kier molecular flexibility index (Phi) is 17.5. The Morgan fingerprint density at radius 2 is 1.11 bits per heavy atom. The monoisotopic (exact) mass is 832 g/mol. The van der Waals surface area contributed by atoms with Crippen LogP contribution in [0.15, 0.2) is 110 Å². The number of hydrogen-bond acceptors (Lipinski definition) is 11. The molecule has 0 spiro atoms. The normalized spacial score (nSPS) is 18.0. The maximum absolute atomic E-state index is 13.1. The van der Waals surface area contributed by atoms with E-state index in [4.69, 9.17) is 37.9 Å². The first kappa shape index (κ1) is 44.8. The van der Waals surface area contributed by atoms with E-state index in [1.54, 1.807) is 48.5 Å². The minimum Gasteiger partial charge on any atom is -0.494 e. The zero-order valence-electron chi connectivity index (χ0n) is 34.9. The molecule has 0 aromatic heterocycles. The molecule has 0 N–H and O–H groups in total. The molecule has 2 aliphatic rings. The third-order valence-corrected chi connectivity index (χ3v) is 10.4. The van der Waals surface area contributed by atoms with Gasteiger partial charge < -0.3 is 37.9 Å². The average Bonchev–Trinajstić information content (AvgIpc) is 3.89. The lowest BCUT2D eigenvalue weighted by Crippen LogP contribution is -2.35. The summed E-state index contributed by atoms with van der Waals surface area (Å²) in [6.45, 7) is 8.18. The molecule has 0 unspecified atom stereocenters. The van der Waals surface area contributed by atoms with Gasteiger partial charge >= 0.3 is 17.9 Å². The Labute approximate surface area is 358 Å². The molecule has 0 bridgehead atoms. The van der Waals surface area contributed by atoms with Gasteiger partial charge in [0.1, 0.15) is 35.6 Å². The molecule has 0 radical (unpaired) electrons. The maximum Gasteiger partial charge on any atom is 0.343 e. The minimum atomic E-state index is -0.582. The van der Waals surface area contributed by atoms with Crippen molar-refractivity contribution >= 4 is 30.1 Å². The molecule has 0 amide bonds. The molecule has 2 saturated heterocycles. The smallest absolute Gasteiger partial charge is 0.343 e. The predicted molar refractivity (Wildman–Crippen MR) is 232 cm³/mol. The lowest BCUT2D eigenvalue weighted by molar-refractivity contribution is -0.137. The Bertz CT molecular complexity index is 2010. The van der Waals surface area contributed by atoms with Crippen molar-refractivity contribution in [2.24, 2.45) is 0 Å². The number of benzene rings is 4. The van der Waals surface area contributed by atoms with Crippen molar-refractivity contribution in [2.75, 3.05) is 33.0 Å². The van der Waals surface area contributed by atoms with Gasteiger partial charge in [0.05, 0.1) is 50.8 Å². The standard InChI is InChI=1S/C50H56O11/c1-3-5-6-9-30-54-41-24-18-37(19-25-41)13-12-36-14-16-38(17-15-36)33-57-44-34-58-48-45(35-59-47(44)48)61-50(53)40-22-28-43(29-23-40)60-49(52)39-20-26-42(27-21-39)55-31-10-7-8-11-32-56-46(51)4-2/h4,12-29,44-45,47-48H,2-3,5-11,30-35H2,1H3/t44-,45+,47-,48-/m0/s1. The van der Waals surface area contributed by atoms with Crippen LogP contribution < -0.4 is 14.2 Å². The fraction of sp³-hybridized carbons (Fsp3) is 0.380.